The number of aliphatic hydroxyl groups is 3. The van der Waals surface area contributed by atoms with Crippen molar-refractivity contribution in [1.82, 2.24) is 30.2 Å². The van der Waals surface area contributed by atoms with Crippen LogP contribution in [0.2, 0.25) is 0 Å². The van der Waals surface area contributed by atoms with Crippen LogP contribution in [0.4, 0.5) is 5.82 Å². The summed E-state index contributed by atoms with van der Waals surface area (Å²) in [6, 6.07) is 0. The van der Waals surface area contributed by atoms with Gasteiger partial charge in [-0.05, 0) is 13.8 Å². The van der Waals surface area contributed by atoms with Gasteiger partial charge in [-0.25, -0.2) is 28.6 Å². The molecule has 1 aliphatic rings. The number of carboxylic acid groups (broad SMARTS) is 1. The Labute approximate surface area is 324 Å². The van der Waals surface area contributed by atoms with Crippen molar-refractivity contribution in [2.75, 3.05) is 37.8 Å². The van der Waals surface area contributed by atoms with Crippen molar-refractivity contribution in [1.29, 1.82) is 0 Å². The number of nitrogens with two attached hydrogens (primary N) is 1. The fourth-order valence-electron chi connectivity index (χ4n) is 4.51. The predicted octanol–water partition coefficient (Wildman–Crippen LogP) is -1.43. The fourth-order valence-corrected chi connectivity index (χ4v) is 7.45. The van der Waals surface area contributed by atoms with Gasteiger partial charge < -0.3 is 61.1 Å². The Bertz CT molecular complexity index is 1810. The summed E-state index contributed by atoms with van der Waals surface area (Å²) in [6.45, 7) is 3.64. The Kier molecular flexibility index (Phi) is 18.0. The first-order valence-corrected chi connectivity index (χ1v) is 21.2. The highest BCUT2D eigenvalue weighted by Crippen LogP contribution is 2.61. The Morgan fingerprint density at radius 2 is 1.66 bits per heavy atom. The number of carboxylic acids is 1. The van der Waals surface area contributed by atoms with E-state index in [1.54, 1.807) is 0 Å². The monoisotopic (exact) mass is 885 g/mol. The summed E-state index contributed by atoms with van der Waals surface area (Å²) in [5.41, 5.74) is 3.22. The number of rotatable bonds is 20. The molecule has 3 heterocycles. The van der Waals surface area contributed by atoms with Crippen LogP contribution < -0.4 is 16.4 Å². The third-order valence-electron chi connectivity index (χ3n) is 7.10. The van der Waals surface area contributed by atoms with Crippen molar-refractivity contribution in [2.24, 2.45) is 5.41 Å². The van der Waals surface area contributed by atoms with E-state index >= 15 is 0 Å². The van der Waals surface area contributed by atoms with Crippen molar-refractivity contribution in [3.63, 3.8) is 0 Å². The number of ether oxygens (including phenoxy) is 1. The first-order chi connectivity index (χ1) is 25.6. The second-order valence-electron chi connectivity index (χ2n) is 13.2. The van der Waals surface area contributed by atoms with Crippen LogP contribution in [-0.2, 0) is 50.7 Å². The number of nitrogens with one attached hydrogen (secondary N) is 2. The minimum Gasteiger partial charge on any atom is -0.481 e. The SMILES string of the molecule is CC(C)(COP(=O)(O)OP(=O)(O)OC[C@H]1O[C@@H](n2cnc3c(N)ncnc32)[C@H](O)[C@@H]1OP(=O)(O)O)C(O)C(=O)NCCC(=O)NCCS.CC(C)(O)CC(=O)O. The molecule has 320 valence electrons. The molecular weight excluding hydrogens is 839 g/mol. The van der Waals surface area contributed by atoms with Gasteiger partial charge >= 0.3 is 29.4 Å². The van der Waals surface area contributed by atoms with E-state index in [0.29, 0.717) is 12.3 Å². The van der Waals surface area contributed by atoms with Gasteiger partial charge in [-0.3, -0.25) is 32.5 Å². The number of aliphatic carboxylic acids is 1. The smallest absolute Gasteiger partial charge is 0.481 e. The van der Waals surface area contributed by atoms with E-state index in [0.717, 1.165) is 17.2 Å². The average molecular weight is 886 g/mol. The summed E-state index contributed by atoms with van der Waals surface area (Å²) in [6.07, 6.45) is -6.94. The van der Waals surface area contributed by atoms with Gasteiger partial charge in [0, 0.05) is 30.7 Å². The maximum Gasteiger partial charge on any atom is 0.481 e. The largest absolute Gasteiger partial charge is 0.481 e. The normalized spacial score (nSPS) is 21.6. The molecule has 0 radical (unpaired) electrons. The van der Waals surface area contributed by atoms with E-state index in [9.17, 15) is 57.9 Å². The topological polar surface area (TPSA) is 404 Å². The van der Waals surface area contributed by atoms with Gasteiger partial charge in [-0.15, -0.1) is 0 Å². The molecule has 7 atom stereocenters. The summed E-state index contributed by atoms with van der Waals surface area (Å²) in [4.78, 5) is 84.5. The van der Waals surface area contributed by atoms with Gasteiger partial charge in [0.15, 0.2) is 17.7 Å². The van der Waals surface area contributed by atoms with Gasteiger partial charge in [0.2, 0.25) is 11.8 Å². The molecular formula is C26H46N7O19P3S. The summed E-state index contributed by atoms with van der Waals surface area (Å²) in [5.74, 6) is -1.92. The Morgan fingerprint density at radius 1 is 1.04 bits per heavy atom. The van der Waals surface area contributed by atoms with E-state index in [1.165, 1.54) is 27.7 Å². The minimum atomic E-state index is -5.54. The third kappa shape index (κ3) is 16.3. The molecule has 1 saturated heterocycles. The standard InChI is InChI=1S/C21H36N7O16P3S.C5H10O3/c1-21(2,16(31)19(32)24-4-3-12(29)23-5-6-48)8-41-47(38,39)44-46(36,37)40-7-11-15(43-45(33,34)35)14(30)20(42-11)28-10-27-13-17(22)25-9-26-18(13)28;1-5(2,8)3-4(6)7/h9-11,14-16,20,30-31,48H,3-8H2,1-2H3,(H,23,29)(H,24,32)(H,36,37)(H,38,39)(H2,22,25,26)(H2,33,34,35);8H,3H2,1-2H3,(H,6,7)/t11-,14-,15-,16?,20-;/m1./s1. The summed E-state index contributed by atoms with van der Waals surface area (Å²) in [5, 5.41) is 43.0. The lowest BCUT2D eigenvalue weighted by atomic mass is 9.87. The molecule has 0 saturated carbocycles. The van der Waals surface area contributed by atoms with Crippen molar-refractivity contribution in [2.45, 2.75) is 76.8 Å². The number of aliphatic hydroxyl groups excluding tert-OH is 2. The zero-order valence-electron chi connectivity index (χ0n) is 30.2. The molecule has 30 heteroatoms. The molecule has 3 rings (SSSR count). The number of thiol groups is 1. The molecule has 1 fully saturated rings. The number of anilines is 1. The second-order valence-corrected chi connectivity index (χ2v) is 17.9. The summed E-state index contributed by atoms with van der Waals surface area (Å²) < 4.78 is 61.7. The maximum absolute atomic E-state index is 12.6. The van der Waals surface area contributed by atoms with Gasteiger partial charge in [-0.2, -0.15) is 16.9 Å². The lowest BCUT2D eigenvalue weighted by Crippen LogP contribution is -2.46. The highest BCUT2D eigenvalue weighted by atomic mass is 32.1. The number of aromatic nitrogens is 4. The van der Waals surface area contributed by atoms with Crippen LogP contribution >= 0.6 is 36.1 Å². The number of hydrogen-bond acceptors (Lipinski definition) is 19. The number of imidazole rings is 1. The Morgan fingerprint density at radius 3 is 2.21 bits per heavy atom. The minimum absolute atomic E-state index is 0.0363. The Hall–Kier alpha value is -2.68. The van der Waals surface area contributed by atoms with Crippen molar-refractivity contribution >= 4 is 70.9 Å². The number of amides is 2. The van der Waals surface area contributed by atoms with Gasteiger partial charge in [0.05, 0.1) is 31.6 Å². The molecule has 2 aromatic heterocycles. The van der Waals surface area contributed by atoms with E-state index < -0.39 is 90.2 Å². The van der Waals surface area contributed by atoms with Gasteiger partial charge in [0.1, 0.15) is 36.3 Å². The fraction of sp³-hybridized carbons (Fsp3) is 0.692. The van der Waals surface area contributed by atoms with Crippen molar-refractivity contribution in [3.8, 4) is 0 Å². The van der Waals surface area contributed by atoms with E-state index in [-0.39, 0.29) is 42.3 Å². The number of carbonyl (C=O) groups excluding carboxylic acids is 2. The van der Waals surface area contributed by atoms with E-state index in [2.05, 4.69) is 47.0 Å². The summed E-state index contributed by atoms with van der Waals surface area (Å²) >= 11 is 3.95. The van der Waals surface area contributed by atoms with Gasteiger partial charge in [-0.1, -0.05) is 13.8 Å². The van der Waals surface area contributed by atoms with Crippen molar-refractivity contribution < 1.29 is 90.7 Å². The number of nitrogens with zero attached hydrogens (tertiary/aromatic N) is 4. The molecule has 0 aromatic carbocycles. The van der Waals surface area contributed by atoms with Crippen LogP contribution in [0.15, 0.2) is 12.7 Å². The summed E-state index contributed by atoms with van der Waals surface area (Å²) in [7, 11) is -16.3. The van der Waals surface area contributed by atoms with Crippen molar-refractivity contribution in [3.05, 3.63) is 12.7 Å². The first kappa shape index (κ1) is 49.5. The van der Waals surface area contributed by atoms with Crippen LogP contribution in [0.1, 0.15) is 46.8 Å². The highest BCUT2D eigenvalue weighted by Gasteiger charge is 2.50. The molecule has 0 bridgehead atoms. The molecule has 0 aliphatic carbocycles. The first-order valence-electron chi connectivity index (χ1n) is 16.0. The van der Waals surface area contributed by atoms with Crippen LogP contribution in [-0.4, -0.2) is 139 Å². The Balaban J connectivity index is 0.00000122. The highest BCUT2D eigenvalue weighted by molar-refractivity contribution is 7.80. The predicted molar refractivity (Wildman–Crippen MR) is 192 cm³/mol. The quantitative estimate of drug-likeness (QED) is 0.0535. The number of phosphoric acid groups is 3. The lowest BCUT2D eigenvalue weighted by molar-refractivity contribution is -0.141. The molecule has 12 N–H and O–H groups in total. The number of fused-ring (bicyclic) bond motifs is 1. The molecule has 2 amide bonds. The second kappa shape index (κ2) is 20.3. The number of carbonyl (C=O) groups is 3. The number of nitrogen functional groups attached to an aromatic ring is 1. The van der Waals surface area contributed by atoms with E-state index in [1.807, 2.05) is 0 Å². The average Bonchev–Trinajstić information content (AvgIpc) is 3.60. The number of hydrogen-bond donors (Lipinski definition) is 12. The van der Waals surface area contributed by atoms with E-state index in [4.69, 9.17) is 29.7 Å². The zero-order valence-corrected chi connectivity index (χ0v) is 33.8. The molecule has 1 aliphatic heterocycles. The molecule has 56 heavy (non-hydrogen) atoms. The number of phosphoric ester groups is 3. The van der Waals surface area contributed by atoms with Crippen LogP contribution in [0.5, 0.6) is 0 Å². The van der Waals surface area contributed by atoms with Gasteiger partial charge in [0.25, 0.3) is 0 Å². The lowest BCUT2D eigenvalue weighted by Gasteiger charge is -2.30. The molecule has 2 aromatic rings. The third-order valence-corrected chi connectivity index (χ3v) is 10.4. The van der Waals surface area contributed by atoms with Crippen LogP contribution in [0, 0.1) is 5.41 Å². The molecule has 3 unspecified atom stereocenters. The molecule has 0 spiro atoms. The maximum atomic E-state index is 12.6. The zero-order chi connectivity index (χ0) is 42.9. The molecule has 26 nitrogen and oxygen atoms in total. The van der Waals surface area contributed by atoms with Crippen LogP contribution in [0.25, 0.3) is 11.2 Å². The van der Waals surface area contributed by atoms with Crippen LogP contribution in [0.3, 0.4) is 0 Å².